The monoisotopic (exact) mass is 340 g/mol. The van der Waals surface area contributed by atoms with Crippen molar-refractivity contribution in [2.45, 2.75) is 18.4 Å². The summed E-state index contributed by atoms with van der Waals surface area (Å²) in [6, 6.07) is 11.1. The lowest BCUT2D eigenvalue weighted by molar-refractivity contribution is 0.0437. The maximum Gasteiger partial charge on any atom is 0.253 e. The topological polar surface area (TPSA) is 82.8 Å². The number of aliphatic hydroxyl groups is 1. The number of phenols is 1. The Balaban J connectivity index is 1.68. The highest BCUT2D eigenvalue weighted by atomic mass is 16.3. The lowest BCUT2D eigenvalue weighted by Crippen LogP contribution is -2.51. The quantitative estimate of drug-likeness (QED) is 0.864. The molecule has 0 unspecified atom stereocenters. The number of aromatic hydroxyl groups is 1. The molecule has 0 spiro atoms. The van der Waals surface area contributed by atoms with Gasteiger partial charge in [-0.25, -0.2) is 0 Å². The minimum atomic E-state index is -0.296. The first kappa shape index (κ1) is 15.9. The van der Waals surface area contributed by atoms with Crippen molar-refractivity contribution in [3.05, 3.63) is 64.1 Å². The average molecular weight is 340 g/mol. The zero-order chi connectivity index (χ0) is 17.6. The molecule has 1 amide bonds. The zero-order valence-electron chi connectivity index (χ0n) is 13.7. The molecule has 6 nitrogen and oxygen atoms in total. The minimum Gasteiger partial charge on any atom is -0.508 e. The summed E-state index contributed by atoms with van der Waals surface area (Å²) < 4.78 is 1.71. The van der Waals surface area contributed by atoms with Crippen molar-refractivity contribution in [3.8, 4) is 5.75 Å². The van der Waals surface area contributed by atoms with E-state index < -0.39 is 0 Å². The van der Waals surface area contributed by atoms with Crippen LogP contribution in [-0.4, -0.2) is 45.3 Å². The van der Waals surface area contributed by atoms with Crippen LogP contribution in [0.5, 0.6) is 5.75 Å². The Bertz CT molecular complexity index is 858. The number of amides is 1. The van der Waals surface area contributed by atoms with E-state index in [1.807, 2.05) is 6.07 Å². The number of fused-ring (bicyclic) bond motifs is 4. The van der Waals surface area contributed by atoms with E-state index in [0.717, 1.165) is 12.1 Å². The molecular formula is C19H20N2O4. The van der Waals surface area contributed by atoms with E-state index in [1.54, 1.807) is 27.7 Å². The van der Waals surface area contributed by atoms with Gasteiger partial charge >= 0.3 is 0 Å². The smallest absolute Gasteiger partial charge is 0.253 e. The van der Waals surface area contributed by atoms with Crippen LogP contribution < -0.4 is 5.56 Å². The van der Waals surface area contributed by atoms with Crippen LogP contribution in [0.2, 0.25) is 0 Å². The van der Waals surface area contributed by atoms with Crippen LogP contribution in [0.15, 0.2) is 47.3 Å². The molecule has 2 bridgehead atoms. The molecule has 1 fully saturated rings. The SMILES string of the molecule is O=C(c1ccc(O)cc1)N1C[C@H]2C[C@@H](C1)[C@H](CO)n1c2cccc1=O. The number of benzene rings is 1. The third-order valence-corrected chi connectivity index (χ3v) is 5.39. The Kier molecular flexibility index (Phi) is 3.84. The molecule has 130 valence electrons. The minimum absolute atomic E-state index is 0.0532. The Morgan fingerprint density at radius 3 is 2.60 bits per heavy atom. The number of pyridine rings is 1. The van der Waals surface area contributed by atoms with Gasteiger partial charge in [0.15, 0.2) is 0 Å². The van der Waals surface area contributed by atoms with Crippen LogP contribution in [0.25, 0.3) is 0 Å². The van der Waals surface area contributed by atoms with Gasteiger partial charge in [-0.2, -0.15) is 0 Å². The number of nitrogens with zero attached hydrogens (tertiary/aromatic N) is 2. The van der Waals surface area contributed by atoms with Crippen molar-refractivity contribution in [1.29, 1.82) is 0 Å². The second-order valence-electron chi connectivity index (χ2n) is 6.86. The fourth-order valence-corrected chi connectivity index (χ4v) is 4.23. The molecular weight excluding hydrogens is 320 g/mol. The number of carbonyl (C=O) groups is 1. The Labute approximate surface area is 144 Å². The van der Waals surface area contributed by atoms with E-state index in [4.69, 9.17) is 0 Å². The van der Waals surface area contributed by atoms with E-state index in [0.29, 0.717) is 18.7 Å². The third kappa shape index (κ3) is 2.62. The maximum absolute atomic E-state index is 12.8. The van der Waals surface area contributed by atoms with Crippen LogP contribution in [0.3, 0.4) is 0 Å². The number of hydrogen-bond donors (Lipinski definition) is 2. The standard InChI is InChI=1S/C19H20N2O4/c22-11-17-14-8-13(16-2-1-3-18(24)21(16)17)9-20(10-14)19(25)12-4-6-15(23)7-5-12/h1-7,13-14,17,22-23H,8-11H2/t13-,14+,17+/m1/s1. The van der Waals surface area contributed by atoms with Crippen molar-refractivity contribution in [2.24, 2.45) is 5.92 Å². The van der Waals surface area contributed by atoms with E-state index in [2.05, 4.69) is 0 Å². The summed E-state index contributed by atoms with van der Waals surface area (Å²) in [6.45, 7) is 0.954. The predicted molar refractivity (Wildman–Crippen MR) is 91.7 cm³/mol. The second kappa shape index (κ2) is 6.04. The highest BCUT2D eigenvalue weighted by Crippen LogP contribution is 2.41. The fraction of sp³-hybridized carbons (Fsp3) is 0.368. The van der Waals surface area contributed by atoms with Gasteiger partial charge in [-0.05, 0) is 36.8 Å². The number of carbonyl (C=O) groups excluding carboxylic acids is 1. The summed E-state index contributed by atoms with van der Waals surface area (Å²) >= 11 is 0. The first-order chi connectivity index (χ1) is 12.1. The van der Waals surface area contributed by atoms with E-state index in [9.17, 15) is 19.8 Å². The van der Waals surface area contributed by atoms with Crippen molar-refractivity contribution in [3.63, 3.8) is 0 Å². The van der Waals surface area contributed by atoms with Gasteiger partial charge in [0.2, 0.25) is 0 Å². The molecule has 6 heteroatoms. The van der Waals surface area contributed by atoms with Gasteiger partial charge < -0.3 is 19.7 Å². The summed E-state index contributed by atoms with van der Waals surface area (Å²) in [7, 11) is 0. The summed E-state index contributed by atoms with van der Waals surface area (Å²) in [5.41, 5.74) is 1.33. The molecule has 2 N–H and O–H groups in total. The van der Waals surface area contributed by atoms with E-state index >= 15 is 0 Å². The maximum atomic E-state index is 12.8. The van der Waals surface area contributed by atoms with Gasteiger partial charge in [-0.1, -0.05) is 6.07 Å². The summed E-state index contributed by atoms with van der Waals surface area (Å²) in [5, 5.41) is 19.3. The number of rotatable bonds is 2. The van der Waals surface area contributed by atoms with E-state index in [-0.39, 0.29) is 41.7 Å². The van der Waals surface area contributed by atoms with Crippen LogP contribution in [-0.2, 0) is 0 Å². The van der Waals surface area contributed by atoms with Gasteiger partial charge in [-0.15, -0.1) is 0 Å². The number of likely N-dealkylation sites (tertiary alicyclic amines) is 1. The van der Waals surface area contributed by atoms with Crippen molar-refractivity contribution >= 4 is 5.91 Å². The van der Waals surface area contributed by atoms with Crippen LogP contribution >= 0.6 is 0 Å². The van der Waals surface area contributed by atoms with Crippen molar-refractivity contribution in [2.75, 3.05) is 19.7 Å². The number of aliphatic hydroxyl groups excluding tert-OH is 1. The first-order valence-electron chi connectivity index (χ1n) is 8.49. The molecule has 0 radical (unpaired) electrons. The van der Waals surface area contributed by atoms with E-state index in [1.165, 1.54) is 18.2 Å². The van der Waals surface area contributed by atoms with Crippen LogP contribution in [0, 0.1) is 5.92 Å². The first-order valence-corrected chi connectivity index (χ1v) is 8.49. The highest BCUT2D eigenvalue weighted by Gasteiger charge is 2.41. The Morgan fingerprint density at radius 1 is 1.12 bits per heavy atom. The van der Waals surface area contributed by atoms with Crippen molar-refractivity contribution < 1.29 is 15.0 Å². The van der Waals surface area contributed by atoms with Gasteiger partial charge in [0.05, 0.1) is 12.6 Å². The number of phenolic OH excluding ortho intramolecular Hbond substituents is 1. The summed E-state index contributed by atoms with van der Waals surface area (Å²) in [4.78, 5) is 26.9. The molecule has 1 aromatic carbocycles. The number of aromatic nitrogens is 1. The third-order valence-electron chi connectivity index (χ3n) is 5.39. The van der Waals surface area contributed by atoms with Gasteiger partial charge in [0, 0.05) is 42.2 Å². The normalized spacial score (nSPS) is 24.7. The molecule has 1 saturated heterocycles. The molecule has 25 heavy (non-hydrogen) atoms. The molecule has 2 aliphatic heterocycles. The average Bonchev–Trinajstić information content (AvgIpc) is 2.63. The highest BCUT2D eigenvalue weighted by molar-refractivity contribution is 5.94. The predicted octanol–water partition coefficient (Wildman–Crippen LogP) is 1.35. The lowest BCUT2D eigenvalue weighted by Gasteiger charge is -2.46. The molecule has 0 saturated carbocycles. The summed E-state index contributed by atoms with van der Waals surface area (Å²) in [6.07, 6.45) is 0.869. The molecule has 2 aliphatic rings. The summed E-state index contributed by atoms with van der Waals surface area (Å²) in [5.74, 6) is 0.188. The van der Waals surface area contributed by atoms with Crippen LogP contribution in [0.1, 0.15) is 34.4 Å². The largest absolute Gasteiger partial charge is 0.508 e. The second-order valence-corrected chi connectivity index (χ2v) is 6.86. The molecule has 1 aromatic heterocycles. The lowest BCUT2D eigenvalue weighted by atomic mass is 9.78. The number of piperidine rings is 1. The molecule has 3 heterocycles. The Hall–Kier alpha value is -2.60. The van der Waals surface area contributed by atoms with Gasteiger partial charge in [0.25, 0.3) is 11.5 Å². The fourth-order valence-electron chi connectivity index (χ4n) is 4.23. The Morgan fingerprint density at radius 2 is 1.88 bits per heavy atom. The molecule has 3 atom stereocenters. The van der Waals surface area contributed by atoms with Gasteiger partial charge in [0.1, 0.15) is 5.75 Å². The van der Waals surface area contributed by atoms with Gasteiger partial charge in [-0.3, -0.25) is 9.59 Å². The number of hydrogen-bond acceptors (Lipinski definition) is 4. The zero-order valence-corrected chi connectivity index (χ0v) is 13.7. The molecule has 4 rings (SSSR count). The van der Waals surface area contributed by atoms with Crippen LogP contribution in [0.4, 0.5) is 0 Å². The van der Waals surface area contributed by atoms with Crippen molar-refractivity contribution in [1.82, 2.24) is 9.47 Å². The molecule has 2 aromatic rings. The molecule has 0 aliphatic carbocycles.